The number of hydrogen-bond acceptors (Lipinski definition) is 5. The van der Waals surface area contributed by atoms with Gasteiger partial charge in [0.1, 0.15) is 5.69 Å². The van der Waals surface area contributed by atoms with Gasteiger partial charge in [0.2, 0.25) is 0 Å². The summed E-state index contributed by atoms with van der Waals surface area (Å²) in [6, 6.07) is 5.70. The Bertz CT molecular complexity index is 837. The summed E-state index contributed by atoms with van der Waals surface area (Å²) in [6.45, 7) is 2.72. The number of amides is 1. The van der Waals surface area contributed by atoms with Gasteiger partial charge < -0.3 is 9.73 Å². The molecule has 1 N–H and O–H groups in total. The van der Waals surface area contributed by atoms with Gasteiger partial charge >= 0.3 is 0 Å². The molecule has 0 radical (unpaired) electrons. The quantitative estimate of drug-likeness (QED) is 0.825. The third-order valence-corrected chi connectivity index (χ3v) is 6.01. The minimum atomic E-state index is -0.0481. The van der Waals surface area contributed by atoms with Crippen molar-refractivity contribution in [1.82, 2.24) is 10.3 Å². The van der Waals surface area contributed by atoms with Gasteiger partial charge in [-0.2, -0.15) is 0 Å². The number of benzene rings is 1. The van der Waals surface area contributed by atoms with Crippen molar-refractivity contribution in [1.29, 1.82) is 0 Å². The maximum absolute atomic E-state index is 12.3. The molecule has 1 aromatic heterocycles. The van der Waals surface area contributed by atoms with Crippen LogP contribution >= 0.6 is 11.8 Å². The van der Waals surface area contributed by atoms with Crippen LogP contribution in [-0.2, 0) is 0 Å². The fourth-order valence-electron chi connectivity index (χ4n) is 3.59. The van der Waals surface area contributed by atoms with E-state index in [1.165, 1.54) is 25.7 Å². The fourth-order valence-corrected chi connectivity index (χ4v) is 4.48. The Kier molecular flexibility index (Phi) is 5.11. The van der Waals surface area contributed by atoms with Crippen LogP contribution in [0, 0.1) is 5.92 Å². The standard InChI is InChI=1S/C20H23N3O2S/c1-2-10-21-19(24)14-8-9-16-15(11-14)23-17(13-6-4-3-5-7-13)18-20(26-16)25-12-22-18/h8-9,11-13H,2-7,10H2,1H3,(H,21,24). The largest absolute Gasteiger partial charge is 0.436 e. The fraction of sp³-hybridized carbons (Fsp3) is 0.450. The molecule has 0 saturated heterocycles. The number of fused-ring (bicyclic) bond motifs is 2. The zero-order chi connectivity index (χ0) is 17.9. The predicted octanol–water partition coefficient (Wildman–Crippen LogP) is 4.98. The van der Waals surface area contributed by atoms with E-state index < -0.39 is 0 Å². The second-order valence-corrected chi connectivity index (χ2v) is 7.88. The zero-order valence-electron chi connectivity index (χ0n) is 15.0. The lowest BCUT2D eigenvalue weighted by atomic mass is 9.84. The van der Waals surface area contributed by atoms with E-state index in [1.54, 1.807) is 11.8 Å². The Labute approximate surface area is 157 Å². The first-order valence-corrected chi connectivity index (χ1v) is 10.2. The smallest absolute Gasteiger partial charge is 0.251 e. The molecule has 6 heteroatoms. The highest BCUT2D eigenvalue weighted by atomic mass is 32.2. The Morgan fingerprint density at radius 1 is 1.31 bits per heavy atom. The Morgan fingerprint density at radius 3 is 2.96 bits per heavy atom. The number of rotatable bonds is 4. The summed E-state index contributed by atoms with van der Waals surface area (Å²) >= 11 is 1.54. The lowest BCUT2D eigenvalue weighted by Gasteiger charge is -2.22. The van der Waals surface area contributed by atoms with Gasteiger partial charge in [0.15, 0.2) is 11.5 Å². The van der Waals surface area contributed by atoms with Crippen LogP contribution in [0.2, 0.25) is 0 Å². The van der Waals surface area contributed by atoms with Crippen molar-refractivity contribution in [3.63, 3.8) is 0 Å². The van der Waals surface area contributed by atoms with Crippen molar-refractivity contribution in [3.05, 3.63) is 35.9 Å². The molecule has 5 nitrogen and oxygen atoms in total. The van der Waals surface area contributed by atoms with E-state index in [0.29, 0.717) is 18.0 Å². The number of nitrogens with one attached hydrogen (secondary N) is 1. The number of carbonyl (C=O) groups excluding carboxylic acids is 1. The van der Waals surface area contributed by atoms with E-state index in [9.17, 15) is 4.79 Å². The minimum absolute atomic E-state index is 0.0481. The van der Waals surface area contributed by atoms with Gasteiger partial charge in [0.05, 0.1) is 11.4 Å². The van der Waals surface area contributed by atoms with Gasteiger partial charge in [-0.1, -0.05) is 26.2 Å². The van der Waals surface area contributed by atoms with Crippen LogP contribution in [0.15, 0.2) is 44.0 Å². The predicted molar refractivity (Wildman–Crippen MR) is 102 cm³/mol. The van der Waals surface area contributed by atoms with E-state index in [0.717, 1.165) is 46.3 Å². The van der Waals surface area contributed by atoms with Crippen molar-refractivity contribution >= 4 is 29.1 Å². The molecule has 1 saturated carbocycles. The summed E-state index contributed by atoms with van der Waals surface area (Å²) in [4.78, 5) is 22.8. The van der Waals surface area contributed by atoms with Crippen molar-refractivity contribution in [2.45, 2.75) is 55.4 Å². The molecular weight excluding hydrogens is 346 g/mol. The van der Waals surface area contributed by atoms with Gasteiger partial charge in [0.25, 0.3) is 5.91 Å². The average molecular weight is 369 g/mol. The first-order valence-electron chi connectivity index (χ1n) is 9.39. The van der Waals surface area contributed by atoms with Gasteiger partial charge in [-0.25, -0.2) is 9.98 Å². The number of nitrogens with zero attached hydrogens (tertiary/aromatic N) is 2. The summed E-state index contributed by atoms with van der Waals surface area (Å²) in [7, 11) is 0. The second kappa shape index (κ2) is 7.66. The second-order valence-electron chi connectivity index (χ2n) is 6.86. The van der Waals surface area contributed by atoms with Gasteiger partial charge in [-0.3, -0.25) is 4.79 Å². The van der Waals surface area contributed by atoms with Gasteiger partial charge in [0, 0.05) is 22.9 Å². The molecule has 1 aliphatic heterocycles. The Morgan fingerprint density at radius 2 is 2.15 bits per heavy atom. The van der Waals surface area contributed by atoms with Crippen LogP contribution in [-0.4, -0.2) is 23.1 Å². The Balaban J connectivity index is 1.73. The van der Waals surface area contributed by atoms with Crippen LogP contribution in [0.5, 0.6) is 0 Å². The summed E-state index contributed by atoms with van der Waals surface area (Å²) in [5.41, 5.74) is 3.38. The van der Waals surface area contributed by atoms with Crippen molar-refractivity contribution < 1.29 is 9.21 Å². The van der Waals surface area contributed by atoms with E-state index in [4.69, 9.17) is 9.41 Å². The lowest BCUT2D eigenvalue weighted by Crippen LogP contribution is -2.23. The Hall–Kier alpha value is -2.08. The van der Waals surface area contributed by atoms with Crippen LogP contribution in [0.25, 0.3) is 0 Å². The van der Waals surface area contributed by atoms with Crippen molar-refractivity contribution in [2.24, 2.45) is 10.9 Å². The molecule has 1 aliphatic carbocycles. The molecule has 2 aromatic rings. The third kappa shape index (κ3) is 3.43. The van der Waals surface area contributed by atoms with Crippen LogP contribution in [0.4, 0.5) is 5.69 Å². The van der Waals surface area contributed by atoms with Gasteiger partial charge in [-0.15, -0.1) is 0 Å². The molecule has 4 rings (SSSR count). The molecule has 1 aromatic carbocycles. The topological polar surface area (TPSA) is 67.5 Å². The number of aliphatic imine (C=N–C) groups is 1. The van der Waals surface area contributed by atoms with E-state index in [-0.39, 0.29) is 5.91 Å². The van der Waals surface area contributed by atoms with Crippen molar-refractivity contribution in [2.75, 3.05) is 6.54 Å². The summed E-state index contributed by atoms with van der Waals surface area (Å²) in [6.07, 6.45) is 8.47. The highest BCUT2D eigenvalue weighted by Crippen LogP contribution is 2.42. The zero-order valence-corrected chi connectivity index (χ0v) is 15.8. The third-order valence-electron chi connectivity index (χ3n) is 4.97. The maximum atomic E-state index is 12.3. The van der Waals surface area contributed by atoms with Crippen molar-refractivity contribution in [3.8, 4) is 0 Å². The number of aromatic nitrogens is 1. The molecule has 2 heterocycles. The molecular formula is C20H23N3O2S. The highest BCUT2D eigenvalue weighted by Gasteiger charge is 2.29. The van der Waals surface area contributed by atoms with Crippen LogP contribution in [0.3, 0.4) is 0 Å². The molecule has 0 unspecified atom stereocenters. The average Bonchev–Trinajstić information content (AvgIpc) is 3.07. The summed E-state index contributed by atoms with van der Waals surface area (Å²) < 4.78 is 5.64. The number of oxazole rings is 1. The van der Waals surface area contributed by atoms with Crippen LogP contribution in [0.1, 0.15) is 61.5 Å². The SMILES string of the molecule is CCCNC(=O)c1ccc2c(c1)N=C(C1CCCCC1)c1ncoc1S2. The lowest BCUT2D eigenvalue weighted by molar-refractivity contribution is 0.0953. The first-order chi connectivity index (χ1) is 12.8. The molecule has 1 amide bonds. The number of hydrogen-bond donors (Lipinski definition) is 1. The summed E-state index contributed by atoms with van der Waals surface area (Å²) in [5, 5.41) is 3.73. The maximum Gasteiger partial charge on any atom is 0.251 e. The van der Waals surface area contributed by atoms with E-state index in [2.05, 4.69) is 10.3 Å². The molecule has 2 aliphatic rings. The monoisotopic (exact) mass is 369 g/mol. The molecule has 0 atom stereocenters. The molecule has 26 heavy (non-hydrogen) atoms. The number of carbonyl (C=O) groups is 1. The molecule has 1 fully saturated rings. The minimum Gasteiger partial charge on any atom is -0.436 e. The molecule has 136 valence electrons. The molecule has 0 bridgehead atoms. The van der Waals surface area contributed by atoms with E-state index >= 15 is 0 Å². The first kappa shape index (κ1) is 17.3. The van der Waals surface area contributed by atoms with Gasteiger partial charge in [-0.05, 0) is 49.2 Å². The summed E-state index contributed by atoms with van der Waals surface area (Å²) in [5.74, 6) is 0.366. The van der Waals surface area contributed by atoms with Crippen LogP contribution < -0.4 is 5.32 Å². The normalized spacial score (nSPS) is 17.0. The van der Waals surface area contributed by atoms with E-state index in [1.807, 2.05) is 25.1 Å². The highest BCUT2D eigenvalue weighted by molar-refractivity contribution is 7.99. The molecule has 0 spiro atoms.